The minimum absolute atomic E-state index is 0.729. The summed E-state index contributed by atoms with van der Waals surface area (Å²) >= 11 is 0. The van der Waals surface area contributed by atoms with Crippen LogP contribution in [0.3, 0.4) is 0 Å². The number of anilines is 1. The van der Waals surface area contributed by atoms with E-state index in [-0.39, 0.29) is 0 Å². The second kappa shape index (κ2) is 6.24. The van der Waals surface area contributed by atoms with Gasteiger partial charge in [0.05, 0.1) is 0 Å². The molecule has 0 bridgehead atoms. The van der Waals surface area contributed by atoms with Gasteiger partial charge in [-0.15, -0.1) is 0 Å². The molecule has 0 aliphatic carbocycles. The van der Waals surface area contributed by atoms with Crippen molar-refractivity contribution >= 4 is 5.69 Å². The average molecular weight is 246 g/mol. The van der Waals surface area contributed by atoms with Crippen molar-refractivity contribution in [1.29, 1.82) is 0 Å². The molecule has 2 heteroatoms. The van der Waals surface area contributed by atoms with Crippen LogP contribution in [-0.4, -0.2) is 25.7 Å². The molecule has 1 N–H and O–H groups in total. The van der Waals surface area contributed by atoms with E-state index in [4.69, 9.17) is 0 Å². The van der Waals surface area contributed by atoms with Gasteiger partial charge in [0.1, 0.15) is 0 Å². The average Bonchev–Trinajstić information content (AvgIpc) is 2.37. The molecule has 1 aliphatic heterocycles. The lowest BCUT2D eigenvalue weighted by Gasteiger charge is -2.35. The van der Waals surface area contributed by atoms with Crippen LogP contribution < -0.4 is 10.2 Å². The molecule has 100 valence electrons. The van der Waals surface area contributed by atoms with Crippen LogP contribution in [0, 0.1) is 13.8 Å². The molecule has 1 aromatic rings. The predicted octanol–water partition coefficient (Wildman–Crippen LogP) is 3.27. The maximum absolute atomic E-state index is 3.64. The molecule has 1 aromatic carbocycles. The highest BCUT2D eigenvalue weighted by molar-refractivity contribution is 5.54. The van der Waals surface area contributed by atoms with Crippen LogP contribution in [-0.2, 0) is 0 Å². The lowest BCUT2D eigenvalue weighted by atomic mass is 10.0. The van der Waals surface area contributed by atoms with E-state index in [2.05, 4.69) is 49.2 Å². The Bertz CT molecular complexity index is 379. The molecule has 0 unspecified atom stereocenters. The molecule has 1 heterocycles. The highest BCUT2D eigenvalue weighted by atomic mass is 15.1. The van der Waals surface area contributed by atoms with E-state index in [1.807, 2.05) is 0 Å². The van der Waals surface area contributed by atoms with Crippen molar-refractivity contribution in [3.8, 4) is 0 Å². The molecule has 0 radical (unpaired) electrons. The van der Waals surface area contributed by atoms with Crippen molar-refractivity contribution in [2.24, 2.45) is 0 Å². The monoisotopic (exact) mass is 246 g/mol. The Hall–Kier alpha value is -1.02. The van der Waals surface area contributed by atoms with Gasteiger partial charge in [-0.05, 0) is 51.3 Å². The van der Waals surface area contributed by atoms with E-state index in [0.29, 0.717) is 0 Å². The first kappa shape index (κ1) is 13.4. The van der Waals surface area contributed by atoms with Gasteiger partial charge in [-0.3, -0.25) is 0 Å². The highest BCUT2D eigenvalue weighted by Crippen LogP contribution is 2.24. The number of hydrogen-bond donors (Lipinski definition) is 1. The summed E-state index contributed by atoms with van der Waals surface area (Å²) in [6.45, 7) is 10.2. The van der Waals surface area contributed by atoms with Crippen LogP contribution in [0.2, 0.25) is 0 Å². The van der Waals surface area contributed by atoms with Gasteiger partial charge in [0.2, 0.25) is 0 Å². The standard InChI is InChI=1S/C16H26N2/c1-4-9-17-15-7-10-18(11-8-15)16-6-5-13(2)12-14(16)3/h5-6,12,15,17H,4,7-11H2,1-3H3. The van der Waals surface area contributed by atoms with Crippen LogP contribution in [0.1, 0.15) is 37.3 Å². The zero-order chi connectivity index (χ0) is 13.0. The van der Waals surface area contributed by atoms with Gasteiger partial charge < -0.3 is 10.2 Å². The van der Waals surface area contributed by atoms with Gasteiger partial charge in [-0.2, -0.15) is 0 Å². The van der Waals surface area contributed by atoms with Gasteiger partial charge in [0.15, 0.2) is 0 Å². The maximum Gasteiger partial charge on any atom is 0.0396 e. The number of nitrogens with one attached hydrogen (secondary N) is 1. The lowest BCUT2D eigenvalue weighted by Crippen LogP contribution is -2.43. The van der Waals surface area contributed by atoms with Crippen molar-refractivity contribution in [2.45, 2.75) is 46.1 Å². The fourth-order valence-electron chi connectivity index (χ4n) is 2.83. The summed E-state index contributed by atoms with van der Waals surface area (Å²) < 4.78 is 0. The summed E-state index contributed by atoms with van der Waals surface area (Å²) in [5, 5.41) is 3.64. The molecule has 2 nitrogen and oxygen atoms in total. The molecular weight excluding hydrogens is 220 g/mol. The fraction of sp³-hybridized carbons (Fsp3) is 0.625. The third-order valence-corrected chi connectivity index (χ3v) is 3.87. The number of piperidine rings is 1. The summed E-state index contributed by atoms with van der Waals surface area (Å²) in [4.78, 5) is 2.54. The summed E-state index contributed by atoms with van der Waals surface area (Å²) in [6.07, 6.45) is 3.78. The maximum atomic E-state index is 3.64. The van der Waals surface area contributed by atoms with Gasteiger partial charge in [-0.25, -0.2) is 0 Å². The van der Waals surface area contributed by atoms with Crippen LogP contribution in [0.5, 0.6) is 0 Å². The summed E-state index contributed by atoms with van der Waals surface area (Å²) in [6, 6.07) is 7.53. The van der Waals surface area contributed by atoms with Crippen molar-refractivity contribution < 1.29 is 0 Å². The Kier molecular flexibility index (Phi) is 4.65. The minimum Gasteiger partial charge on any atom is -0.371 e. The second-order valence-electron chi connectivity index (χ2n) is 5.51. The molecule has 0 atom stereocenters. The summed E-state index contributed by atoms with van der Waals surface area (Å²) in [5.74, 6) is 0. The van der Waals surface area contributed by atoms with Crippen LogP contribution >= 0.6 is 0 Å². The van der Waals surface area contributed by atoms with Crippen LogP contribution in [0.15, 0.2) is 18.2 Å². The third-order valence-electron chi connectivity index (χ3n) is 3.87. The number of benzene rings is 1. The Morgan fingerprint density at radius 2 is 1.94 bits per heavy atom. The van der Waals surface area contributed by atoms with Gasteiger partial charge in [-0.1, -0.05) is 24.6 Å². The minimum atomic E-state index is 0.729. The van der Waals surface area contributed by atoms with E-state index < -0.39 is 0 Å². The normalized spacial score (nSPS) is 17.2. The third kappa shape index (κ3) is 3.26. The van der Waals surface area contributed by atoms with E-state index in [9.17, 15) is 0 Å². The molecule has 0 amide bonds. The number of hydrogen-bond acceptors (Lipinski definition) is 2. The molecule has 2 rings (SSSR count). The van der Waals surface area contributed by atoms with E-state index >= 15 is 0 Å². The highest BCUT2D eigenvalue weighted by Gasteiger charge is 2.19. The number of aryl methyl sites for hydroxylation is 2. The first-order chi connectivity index (χ1) is 8.70. The number of rotatable bonds is 4. The summed E-state index contributed by atoms with van der Waals surface area (Å²) in [5.41, 5.74) is 4.19. The topological polar surface area (TPSA) is 15.3 Å². The molecule has 18 heavy (non-hydrogen) atoms. The quantitative estimate of drug-likeness (QED) is 0.877. The van der Waals surface area contributed by atoms with Crippen LogP contribution in [0.25, 0.3) is 0 Å². The zero-order valence-corrected chi connectivity index (χ0v) is 12.0. The molecule has 0 saturated carbocycles. The largest absolute Gasteiger partial charge is 0.371 e. The van der Waals surface area contributed by atoms with Crippen molar-refractivity contribution in [3.63, 3.8) is 0 Å². The Labute approximate surface area is 111 Å². The fourth-order valence-corrected chi connectivity index (χ4v) is 2.83. The predicted molar refractivity (Wildman–Crippen MR) is 79.4 cm³/mol. The smallest absolute Gasteiger partial charge is 0.0396 e. The zero-order valence-electron chi connectivity index (χ0n) is 12.0. The van der Waals surface area contributed by atoms with Crippen LogP contribution in [0.4, 0.5) is 5.69 Å². The first-order valence-electron chi connectivity index (χ1n) is 7.26. The van der Waals surface area contributed by atoms with Crippen molar-refractivity contribution in [3.05, 3.63) is 29.3 Å². The molecule has 0 spiro atoms. The molecule has 1 fully saturated rings. The van der Waals surface area contributed by atoms with E-state index in [1.54, 1.807) is 0 Å². The Balaban J connectivity index is 1.93. The Morgan fingerprint density at radius 1 is 1.22 bits per heavy atom. The Morgan fingerprint density at radius 3 is 2.56 bits per heavy atom. The van der Waals surface area contributed by atoms with Crippen molar-refractivity contribution in [2.75, 3.05) is 24.5 Å². The molecule has 1 saturated heterocycles. The van der Waals surface area contributed by atoms with Gasteiger partial charge in [0.25, 0.3) is 0 Å². The van der Waals surface area contributed by atoms with E-state index in [1.165, 1.54) is 49.2 Å². The molecule has 0 aromatic heterocycles. The van der Waals surface area contributed by atoms with Crippen molar-refractivity contribution in [1.82, 2.24) is 5.32 Å². The second-order valence-corrected chi connectivity index (χ2v) is 5.51. The lowest BCUT2D eigenvalue weighted by molar-refractivity contribution is 0.415. The van der Waals surface area contributed by atoms with E-state index in [0.717, 1.165) is 12.6 Å². The summed E-state index contributed by atoms with van der Waals surface area (Å²) in [7, 11) is 0. The number of nitrogens with zero attached hydrogens (tertiary/aromatic N) is 1. The van der Waals surface area contributed by atoms with Gasteiger partial charge in [0, 0.05) is 24.8 Å². The molecular formula is C16H26N2. The van der Waals surface area contributed by atoms with Gasteiger partial charge >= 0.3 is 0 Å². The molecule has 1 aliphatic rings. The first-order valence-corrected chi connectivity index (χ1v) is 7.26. The SMILES string of the molecule is CCCNC1CCN(c2ccc(C)cc2C)CC1.